The molecule has 0 spiro atoms. The molecule has 0 bridgehead atoms. The average Bonchev–Trinajstić information content (AvgIpc) is 2.44. The Labute approximate surface area is 88.6 Å². The van der Waals surface area contributed by atoms with Crippen LogP contribution in [0.15, 0.2) is 0 Å². The summed E-state index contributed by atoms with van der Waals surface area (Å²) in [5.41, 5.74) is 0. The van der Waals surface area contributed by atoms with Gasteiger partial charge in [0.25, 0.3) is 0 Å². The fourth-order valence-corrected chi connectivity index (χ4v) is 1.91. The summed E-state index contributed by atoms with van der Waals surface area (Å²) in [6.45, 7) is 6.26. The number of hydrogen-bond donors (Lipinski definition) is 2. The first-order chi connectivity index (χ1) is 6.88. The third-order valence-corrected chi connectivity index (χ3v) is 2.94. The van der Waals surface area contributed by atoms with Crippen LogP contribution in [0.25, 0.3) is 0 Å². The van der Waals surface area contributed by atoms with E-state index in [1.807, 2.05) is 0 Å². The zero-order chi connectivity index (χ0) is 11.5. The van der Waals surface area contributed by atoms with Crippen molar-refractivity contribution in [2.75, 3.05) is 19.6 Å². The number of nitrogens with one attached hydrogen (secondary N) is 2. The summed E-state index contributed by atoms with van der Waals surface area (Å²) in [5.74, 6) is 1.01. The van der Waals surface area contributed by atoms with Crippen LogP contribution in [0.2, 0.25) is 0 Å². The predicted molar refractivity (Wildman–Crippen MR) is 53.7 cm³/mol. The fourth-order valence-electron chi connectivity index (χ4n) is 1.91. The molecule has 1 fully saturated rings. The monoisotopic (exact) mass is 224 g/mol. The molecule has 90 valence electrons. The van der Waals surface area contributed by atoms with E-state index in [0.717, 1.165) is 13.1 Å². The molecule has 5 heteroatoms. The highest BCUT2D eigenvalue weighted by molar-refractivity contribution is 4.80. The highest BCUT2D eigenvalue weighted by atomic mass is 19.4. The first kappa shape index (κ1) is 12.8. The SMILES string of the molecule is CC(CC(F)(F)F)NCC1CNCC1C. The number of rotatable bonds is 4. The number of alkyl halides is 3. The van der Waals surface area contributed by atoms with Crippen LogP contribution in [0.5, 0.6) is 0 Å². The van der Waals surface area contributed by atoms with Crippen LogP contribution in [0.3, 0.4) is 0 Å². The molecular formula is C10H19F3N2. The molecule has 3 atom stereocenters. The van der Waals surface area contributed by atoms with Crippen LogP contribution >= 0.6 is 0 Å². The van der Waals surface area contributed by atoms with Gasteiger partial charge in [0.2, 0.25) is 0 Å². The molecule has 15 heavy (non-hydrogen) atoms. The van der Waals surface area contributed by atoms with Gasteiger partial charge in [-0.15, -0.1) is 0 Å². The Hall–Kier alpha value is -0.290. The molecule has 1 saturated heterocycles. The van der Waals surface area contributed by atoms with E-state index in [9.17, 15) is 13.2 Å². The van der Waals surface area contributed by atoms with Gasteiger partial charge in [-0.2, -0.15) is 13.2 Å². The van der Waals surface area contributed by atoms with Crippen LogP contribution in [-0.4, -0.2) is 31.9 Å². The first-order valence-corrected chi connectivity index (χ1v) is 5.39. The van der Waals surface area contributed by atoms with Crippen molar-refractivity contribution in [3.8, 4) is 0 Å². The lowest BCUT2D eigenvalue weighted by molar-refractivity contribution is -0.139. The molecule has 1 aliphatic heterocycles. The zero-order valence-corrected chi connectivity index (χ0v) is 9.19. The maximum absolute atomic E-state index is 12.0. The summed E-state index contributed by atoms with van der Waals surface area (Å²) in [4.78, 5) is 0. The summed E-state index contributed by atoms with van der Waals surface area (Å²) < 4.78 is 36.1. The number of hydrogen-bond acceptors (Lipinski definition) is 2. The lowest BCUT2D eigenvalue weighted by atomic mass is 9.98. The van der Waals surface area contributed by atoms with Gasteiger partial charge in [-0.25, -0.2) is 0 Å². The van der Waals surface area contributed by atoms with Crippen molar-refractivity contribution in [2.45, 2.75) is 32.5 Å². The molecule has 0 radical (unpaired) electrons. The molecule has 0 saturated carbocycles. The van der Waals surface area contributed by atoms with Gasteiger partial charge in [0.1, 0.15) is 0 Å². The summed E-state index contributed by atoms with van der Waals surface area (Å²) in [6, 6.07) is -0.488. The summed E-state index contributed by atoms with van der Waals surface area (Å²) in [6.07, 6.45) is -4.81. The lowest BCUT2D eigenvalue weighted by Crippen LogP contribution is -2.36. The van der Waals surface area contributed by atoms with Crippen LogP contribution in [0.1, 0.15) is 20.3 Å². The molecule has 3 unspecified atom stereocenters. The second-order valence-corrected chi connectivity index (χ2v) is 4.52. The standard InChI is InChI=1S/C10H19F3N2/c1-7-4-14-5-9(7)6-15-8(2)3-10(11,12)13/h7-9,14-15H,3-6H2,1-2H3. The van der Waals surface area contributed by atoms with Gasteiger partial charge in [-0.05, 0) is 38.4 Å². The van der Waals surface area contributed by atoms with E-state index < -0.39 is 18.6 Å². The van der Waals surface area contributed by atoms with E-state index in [1.165, 1.54) is 0 Å². The molecule has 1 aliphatic rings. The molecule has 0 aromatic carbocycles. The minimum atomic E-state index is -4.06. The minimum absolute atomic E-state index is 0.459. The summed E-state index contributed by atoms with van der Waals surface area (Å²) in [7, 11) is 0. The highest BCUT2D eigenvalue weighted by Crippen LogP contribution is 2.22. The Bertz CT molecular complexity index is 194. The van der Waals surface area contributed by atoms with Crippen molar-refractivity contribution >= 4 is 0 Å². The number of halogens is 3. The summed E-state index contributed by atoms with van der Waals surface area (Å²) >= 11 is 0. The maximum atomic E-state index is 12.0. The van der Waals surface area contributed by atoms with Crippen LogP contribution in [0, 0.1) is 11.8 Å². The van der Waals surface area contributed by atoms with Gasteiger partial charge in [-0.3, -0.25) is 0 Å². The van der Waals surface area contributed by atoms with Gasteiger partial charge in [0, 0.05) is 6.04 Å². The van der Waals surface area contributed by atoms with Gasteiger partial charge in [0.15, 0.2) is 0 Å². The molecule has 1 rings (SSSR count). The molecular weight excluding hydrogens is 205 g/mol. The van der Waals surface area contributed by atoms with E-state index in [-0.39, 0.29) is 0 Å². The van der Waals surface area contributed by atoms with Crippen LogP contribution in [-0.2, 0) is 0 Å². The predicted octanol–water partition coefficient (Wildman–Crippen LogP) is 1.77. The van der Waals surface area contributed by atoms with E-state index in [4.69, 9.17) is 0 Å². The second kappa shape index (κ2) is 5.16. The molecule has 0 aliphatic carbocycles. The van der Waals surface area contributed by atoms with Gasteiger partial charge < -0.3 is 10.6 Å². The van der Waals surface area contributed by atoms with E-state index in [1.54, 1.807) is 6.92 Å². The smallest absolute Gasteiger partial charge is 0.316 e. The highest BCUT2D eigenvalue weighted by Gasteiger charge is 2.30. The van der Waals surface area contributed by atoms with Crippen molar-refractivity contribution in [3.63, 3.8) is 0 Å². The molecule has 0 aromatic heterocycles. The van der Waals surface area contributed by atoms with Crippen molar-refractivity contribution in [2.24, 2.45) is 11.8 Å². The molecule has 2 N–H and O–H groups in total. The normalized spacial score (nSPS) is 29.4. The largest absolute Gasteiger partial charge is 0.390 e. The van der Waals surface area contributed by atoms with E-state index in [2.05, 4.69) is 17.6 Å². The van der Waals surface area contributed by atoms with Crippen molar-refractivity contribution in [3.05, 3.63) is 0 Å². The van der Waals surface area contributed by atoms with Crippen LogP contribution in [0.4, 0.5) is 13.2 Å². The minimum Gasteiger partial charge on any atom is -0.316 e. The van der Waals surface area contributed by atoms with E-state index in [0.29, 0.717) is 18.4 Å². The van der Waals surface area contributed by atoms with Gasteiger partial charge in [0.05, 0.1) is 6.42 Å². The fraction of sp³-hybridized carbons (Fsp3) is 1.00. The third-order valence-electron chi connectivity index (χ3n) is 2.94. The second-order valence-electron chi connectivity index (χ2n) is 4.52. The first-order valence-electron chi connectivity index (χ1n) is 5.39. The van der Waals surface area contributed by atoms with Crippen molar-refractivity contribution in [1.82, 2.24) is 10.6 Å². The Balaban J connectivity index is 2.19. The quantitative estimate of drug-likeness (QED) is 0.760. The van der Waals surface area contributed by atoms with Crippen LogP contribution < -0.4 is 10.6 Å². The Morgan fingerprint density at radius 3 is 2.53 bits per heavy atom. The van der Waals surface area contributed by atoms with Gasteiger partial charge in [-0.1, -0.05) is 6.92 Å². The van der Waals surface area contributed by atoms with Gasteiger partial charge >= 0.3 is 6.18 Å². The van der Waals surface area contributed by atoms with E-state index >= 15 is 0 Å². The third kappa shape index (κ3) is 4.84. The average molecular weight is 224 g/mol. The Kier molecular flexibility index (Phi) is 4.40. The molecule has 0 amide bonds. The zero-order valence-electron chi connectivity index (χ0n) is 9.19. The topological polar surface area (TPSA) is 24.1 Å². The molecule has 2 nitrogen and oxygen atoms in total. The molecule has 0 aromatic rings. The Morgan fingerprint density at radius 2 is 2.07 bits per heavy atom. The lowest BCUT2D eigenvalue weighted by Gasteiger charge is -2.20. The maximum Gasteiger partial charge on any atom is 0.390 e. The van der Waals surface area contributed by atoms with Crippen molar-refractivity contribution < 1.29 is 13.2 Å². The van der Waals surface area contributed by atoms with Crippen molar-refractivity contribution in [1.29, 1.82) is 0 Å². The molecule has 1 heterocycles. The summed E-state index contributed by atoms with van der Waals surface area (Å²) in [5, 5.41) is 6.18. The Morgan fingerprint density at radius 1 is 1.40 bits per heavy atom.